The molecule has 0 spiro atoms. The highest BCUT2D eigenvalue weighted by atomic mass is 79.9. The average Bonchev–Trinajstić information content (AvgIpc) is 2.46. The van der Waals surface area contributed by atoms with Crippen molar-refractivity contribution >= 4 is 37.5 Å². The molecule has 0 saturated heterocycles. The summed E-state index contributed by atoms with van der Waals surface area (Å²) in [5, 5.41) is 6.14. The summed E-state index contributed by atoms with van der Waals surface area (Å²) in [5.41, 5.74) is 1.77. The summed E-state index contributed by atoms with van der Waals surface area (Å²) in [6, 6.07) is 3.75. The van der Waals surface area contributed by atoms with Crippen LogP contribution in [0.25, 0.3) is 0 Å². The van der Waals surface area contributed by atoms with Gasteiger partial charge in [-0.25, -0.2) is 0 Å². The fraction of sp³-hybridized carbons (Fsp3) is 0.538. The molecule has 1 aromatic carbocycles. The summed E-state index contributed by atoms with van der Waals surface area (Å²) in [6.07, 6.45) is 3.21. The van der Waals surface area contributed by atoms with Crippen LogP contribution in [-0.4, -0.2) is 18.7 Å². The van der Waals surface area contributed by atoms with Crippen molar-refractivity contribution in [2.45, 2.75) is 44.4 Å². The lowest BCUT2D eigenvalue weighted by Gasteiger charge is -2.26. The van der Waals surface area contributed by atoms with Crippen molar-refractivity contribution in [2.24, 2.45) is 0 Å². The monoisotopic (exact) mass is 380 g/mol. The normalized spacial score (nSPS) is 27.3. The van der Waals surface area contributed by atoms with Crippen LogP contribution in [0.4, 0.5) is 5.69 Å². The maximum Gasteiger partial charge on any atom is 0.210 e. The Kier molecular flexibility index (Phi) is 3.45. The van der Waals surface area contributed by atoms with Crippen LogP contribution >= 0.6 is 31.9 Å². The molecule has 1 fully saturated rings. The number of halogens is 2. The van der Waals surface area contributed by atoms with E-state index in [1.807, 2.05) is 6.07 Å². The minimum absolute atomic E-state index is 0.0165. The molecule has 0 unspecified atom stereocenters. The van der Waals surface area contributed by atoms with Gasteiger partial charge in [-0.05, 0) is 59.3 Å². The van der Waals surface area contributed by atoms with Gasteiger partial charge in [-0.2, -0.15) is 0 Å². The Balaban J connectivity index is 2.10. The molecule has 1 aliphatic rings. The van der Waals surface area contributed by atoms with Crippen molar-refractivity contribution in [3.63, 3.8) is 0 Å². The number of aliphatic hydroxyl groups excluding tert-OH is 1. The third-order valence-electron chi connectivity index (χ3n) is 3.27. The largest absolute Gasteiger partial charge is 0.398 e. The number of benzene rings is 1. The van der Waals surface area contributed by atoms with Crippen LogP contribution < -0.4 is 11.0 Å². The van der Waals surface area contributed by atoms with E-state index < -0.39 is 0 Å². The molecule has 1 aliphatic carbocycles. The summed E-state index contributed by atoms with van der Waals surface area (Å²) in [7, 11) is 0. The fourth-order valence-electron chi connectivity index (χ4n) is 2.20. The van der Waals surface area contributed by atoms with Crippen LogP contribution in [0, 0.1) is 0 Å². The second-order valence-corrected chi connectivity index (χ2v) is 6.44. The lowest BCUT2D eigenvalue weighted by atomic mass is 9.93. The maximum atomic E-state index is 8.28. The summed E-state index contributed by atoms with van der Waals surface area (Å²) in [4.78, 5) is 0. The number of hydrogen-bond donors (Lipinski definition) is 3. The van der Waals surface area contributed by atoms with Crippen LogP contribution in [0.2, 0.25) is 4.24 Å². The summed E-state index contributed by atoms with van der Waals surface area (Å²) < 4.78 is 31.8. The molecular weight excluding hydrogens is 360 g/mol. The first-order chi connectivity index (χ1) is 10.4. The molecule has 0 bridgehead atoms. The molecule has 4 N–H and O–H groups in total. The molecule has 2 rings (SSSR count). The van der Waals surface area contributed by atoms with Crippen molar-refractivity contribution in [1.29, 1.82) is 1.43 Å². The number of hydrogen-bond acceptors (Lipinski definition) is 3. The third kappa shape index (κ3) is 3.70. The zero-order valence-corrected chi connectivity index (χ0v) is 13.1. The number of aliphatic hydroxyl groups is 1. The van der Waals surface area contributed by atoms with Crippen LogP contribution in [-0.2, 0) is 6.54 Å². The van der Waals surface area contributed by atoms with Gasteiger partial charge >= 0.3 is 0 Å². The number of nitrogens with one attached hydrogen (secondary N) is 1. The Hall–Kier alpha value is -0.100. The molecule has 1 aromatic rings. The lowest BCUT2D eigenvalue weighted by Crippen LogP contribution is -2.34. The van der Waals surface area contributed by atoms with Gasteiger partial charge in [0.15, 0.2) is 2.82 Å². The molecule has 1 saturated carbocycles. The molecule has 100 valence electrons. The molecule has 18 heavy (non-hydrogen) atoms. The van der Waals surface area contributed by atoms with Gasteiger partial charge in [0.1, 0.15) is 1.41 Å². The van der Waals surface area contributed by atoms with E-state index in [4.69, 9.17) is 5.67 Å². The van der Waals surface area contributed by atoms with Crippen LogP contribution in [0.3, 0.4) is 0 Å². The van der Waals surface area contributed by atoms with Crippen molar-refractivity contribution in [1.82, 2.24) is 5.31 Å². The van der Waals surface area contributed by atoms with E-state index in [1.165, 1.54) is 5.31 Å². The Morgan fingerprint density at radius 3 is 2.89 bits per heavy atom. The molecule has 0 aromatic heterocycles. The van der Waals surface area contributed by atoms with Gasteiger partial charge in [-0.1, -0.05) is 15.9 Å². The number of nitrogens with two attached hydrogens (primary N) is 1. The Bertz CT molecular complexity index is 513. The molecule has 0 aliphatic heterocycles. The first kappa shape index (κ1) is 9.75. The number of anilines is 1. The van der Waals surface area contributed by atoms with Crippen molar-refractivity contribution < 1.29 is 9.34 Å². The second-order valence-electron chi connectivity index (χ2n) is 4.67. The quantitative estimate of drug-likeness (QED) is 0.686. The molecule has 0 atom stereocenters. The van der Waals surface area contributed by atoms with Gasteiger partial charge < -0.3 is 16.1 Å². The zero-order chi connectivity index (χ0) is 16.3. The molecular formula is C13H18Br2N2O. The average molecular weight is 382 g/mol. The lowest BCUT2D eigenvalue weighted by molar-refractivity contribution is 0.116. The molecule has 3 nitrogen and oxygen atoms in total. The summed E-state index contributed by atoms with van der Waals surface area (Å²) in [6.45, 7) is 0.346. The minimum Gasteiger partial charge on any atom is -0.398 e. The van der Waals surface area contributed by atoms with Crippen LogP contribution in [0.5, 0.6) is 0 Å². The molecule has 0 heterocycles. The summed E-state index contributed by atoms with van der Waals surface area (Å²) in [5.74, 6) is 0. The van der Waals surface area contributed by atoms with Crippen LogP contribution in [0.1, 0.15) is 31.2 Å². The zero-order valence-electron chi connectivity index (χ0n) is 13.9. The molecule has 0 amide bonds. The standard InChI is InChI=1S/C13H18Br2N2O/c14-9-5-8(13(16)12(15)6-9)7-17-10-1-3-11(18)4-2-10/h5-6,10-11,17-18H,1-4,7,16H2/i18D/hD3. The fourth-order valence-corrected chi connectivity index (χ4v) is 3.51. The highest BCUT2D eigenvalue weighted by Crippen LogP contribution is 2.28. The van der Waals surface area contributed by atoms with Crippen molar-refractivity contribution in [3.8, 4) is 0 Å². The van der Waals surface area contributed by atoms with Gasteiger partial charge in [0, 0.05) is 21.5 Å². The smallest absolute Gasteiger partial charge is 0.210 e. The van der Waals surface area contributed by atoms with E-state index in [0.717, 1.165) is 35.7 Å². The van der Waals surface area contributed by atoms with E-state index in [9.17, 15) is 0 Å². The van der Waals surface area contributed by atoms with Gasteiger partial charge in [0.25, 0.3) is 0 Å². The second kappa shape index (κ2) is 6.37. The van der Waals surface area contributed by atoms with Gasteiger partial charge in [0.05, 0.1) is 11.8 Å². The highest BCUT2D eigenvalue weighted by molar-refractivity contribution is 9.11. The predicted molar refractivity (Wildman–Crippen MR) is 81.4 cm³/mol. The number of rotatable bonds is 5. The van der Waals surface area contributed by atoms with Gasteiger partial charge in [0.2, 0.25) is 1.43 Å². The predicted octanol–water partition coefficient (Wildman–Crippen LogP) is 3.19. The Morgan fingerprint density at radius 1 is 1.44 bits per heavy atom. The van der Waals surface area contributed by atoms with Gasteiger partial charge in [-0.15, -0.1) is 0 Å². The van der Waals surface area contributed by atoms with Crippen molar-refractivity contribution in [2.75, 3.05) is 5.72 Å². The van der Waals surface area contributed by atoms with Gasteiger partial charge in [-0.3, -0.25) is 0 Å². The minimum atomic E-state index is -0.0165. The third-order valence-corrected chi connectivity index (χ3v) is 4.33. The first-order valence-corrected chi connectivity index (χ1v) is 7.64. The molecule has 5 heteroatoms. The SMILES string of the molecule is [2H]OC1CCC(N([2H])Cc2cc(Br)cc(Br)c2N([2H])[2H])CC1. The Morgan fingerprint density at radius 2 is 2.22 bits per heavy atom. The van der Waals surface area contributed by atoms with Crippen molar-refractivity contribution in [3.05, 3.63) is 26.6 Å². The molecule has 0 radical (unpaired) electrons. The van der Waals surface area contributed by atoms with Crippen LogP contribution in [0.15, 0.2) is 21.1 Å². The topological polar surface area (TPSA) is 58.3 Å². The van der Waals surface area contributed by atoms with E-state index >= 15 is 0 Å². The summed E-state index contributed by atoms with van der Waals surface area (Å²) >= 11 is 6.78. The van der Waals surface area contributed by atoms with E-state index in [0.29, 0.717) is 22.4 Å². The van der Waals surface area contributed by atoms with E-state index in [-0.39, 0.29) is 12.1 Å². The Labute approximate surface area is 130 Å². The highest BCUT2D eigenvalue weighted by Gasteiger charge is 2.19. The first-order valence-electron chi connectivity index (χ1n) is 7.80. The van der Waals surface area contributed by atoms with E-state index in [2.05, 4.69) is 37.0 Å². The van der Waals surface area contributed by atoms with E-state index in [1.54, 1.807) is 6.07 Å². The maximum absolute atomic E-state index is 8.28. The number of nitrogen functional groups attached to an aromatic ring is 1.